The summed E-state index contributed by atoms with van der Waals surface area (Å²) in [4.78, 5) is 30.1. The average molecular weight is 404 g/mol. The number of nitrogens with zero attached hydrogens (tertiary/aromatic N) is 3. The van der Waals surface area contributed by atoms with Crippen molar-refractivity contribution in [3.05, 3.63) is 30.3 Å². The number of carbonyl (C=O) groups excluding carboxylic acids is 1. The Morgan fingerprint density at radius 3 is 2.38 bits per heavy atom. The lowest BCUT2D eigenvalue weighted by molar-refractivity contribution is -0.139. The van der Waals surface area contributed by atoms with E-state index in [0.717, 1.165) is 44.9 Å². The zero-order valence-corrected chi connectivity index (χ0v) is 17.5. The number of piperazine rings is 1. The van der Waals surface area contributed by atoms with Crippen LogP contribution in [0.4, 0.5) is 0 Å². The van der Waals surface area contributed by atoms with E-state index in [1.54, 1.807) is 0 Å². The van der Waals surface area contributed by atoms with Crippen molar-refractivity contribution in [2.24, 2.45) is 5.92 Å². The van der Waals surface area contributed by atoms with Gasteiger partial charge >= 0.3 is 5.97 Å². The molecule has 2 saturated heterocycles. The Labute approximate surface area is 173 Å². The zero-order chi connectivity index (χ0) is 20.8. The minimum absolute atomic E-state index is 0.00631. The molecule has 0 aliphatic carbocycles. The second-order valence-corrected chi connectivity index (χ2v) is 8.56. The maximum absolute atomic E-state index is 12.9. The van der Waals surface area contributed by atoms with Gasteiger partial charge in [0.2, 0.25) is 5.91 Å². The molecule has 2 aliphatic heterocycles. The summed E-state index contributed by atoms with van der Waals surface area (Å²) in [6.07, 6.45) is 1.39. The Kier molecular flexibility index (Phi) is 7.50. The van der Waals surface area contributed by atoms with Crippen molar-refractivity contribution < 1.29 is 19.4 Å². The molecular formula is C22H33N3O4. The number of hydrogen-bond donors (Lipinski definition) is 1. The third-order valence-electron chi connectivity index (χ3n) is 5.62. The Balaban J connectivity index is 1.59. The van der Waals surface area contributed by atoms with Crippen LogP contribution in [0.25, 0.3) is 0 Å². The van der Waals surface area contributed by atoms with Crippen LogP contribution in [0.2, 0.25) is 0 Å². The zero-order valence-electron chi connectivity index (χ0n) is 17.5. The van der Waals surface area contributed by atoms with Gasteiger partial charge in [-0.15, -0.1) is 0 Å². The molecular weight excluding hydrogens is 370 g/mol. The summed E-state index contributed by atoms with van der Waals surface area (Å²) in [5.41, 5.74) is 0. The summed E-state index contributed by atoms with van der Waals surface area (Å²) in [5, 5.41) is 8.97. The highest BCUT2D eigenvalue weighted by molar-refractivity contribution is 5.77. The first-order valence-electron chi connectivity index (χ1n) is 10.6. The number of para-hydroxylation sites is 1. The maximum atomic E-state index is 12.9. The van der Waals surface area contributed by atoms with Crippen molar-refractivity contribution in [2.45, 2.75) is 38.8 Å². The number of amides is 1. The van der Waals surface area contributed by atoms with Gasteiger partial charge < -0.3 is 14.7 Å². The fourth-order valence-electron chi connectivity index (χ4n) is 4.21. The van der Waals surface area contributed by atoms with Gasteiger partial charge in [0.1, 0.15) is 11.9 Å². The molecule has 0 aromatic heterocycles. The van der Waals surface area contributed by atoms with Crippen molar-refractivity contribution in [3.63, 3.8) is 0 Å². The maximum Gasteiger partial charge on any atom is 0.317 e. The molecule has 2 aliphatic rings. The lowest BCUT2D eigenvalue weighted by Gasteiger charge is -2.36. The van der Waals surface area contributed by atoms with Crippen molar-refractivity contribution in [1.29, 1.82) is 0 Å². The molecule has 2 heterocycles. The van der Waals surface area contributed by atoms with Crippen LogP contribution < -0.4 is 4.74 Å². The second kappa shape index (κ2) is 10.1. The second-order valence-electron chi connectivity index (χ2n) is 8.56. The fraction of sp³-hybridized carbons (Fsp3) is 0.636. The first kappa shape index (κ1) is 21.6. The minimum Gasteiger partial charge on any atom is -0.489 e. The van der Waals surface area contributed by atoms with Crippen molar-refractivity contribution >= 4 is 11.9 Å². The molecule has 1 N–H and O–H groups in total. The number of rotatable bonds is 8. The van der Waals surface area contributed by atoms with Crippen molar-refractivity contribution in [1.82, 2.24) is 14.7 Å². The third kappa shape index (κ3) is 6.44. The number of ether oxygens (including phenoxy) is 1. The number of hydrogen-bond acceptors (Lipinski definition) is 5. The molecule has 2 atom stereocenters. The van der Waals surface area contributed by atoms with Crippen LogP contribution in [0.1, 0.15) is 26.7 Å². The standard InChI is InChI=1S/C22H33N3O4/c1-17(2)12-21(26)25-15-20(29-19-6-4-3-5-7-19)13-18(25)14-23-8-10-24(11-9-23)16-22(27)28/h3-7,17-18,20H,8-16H2,1-2H3,(H,27,28). The van der Waals surface area contributed by atoms with E-state index in [1.807, 2.05) is 40.1 Å². The van der Waals surface area contributed by atoms with Gasteiger partial charge in [-0.25, -0.2) is 0 Å². The third-order valence-corrected chi connectivity index (χ3v) is 5.62. The van der Waals surface area contributed by atoms with Gasteiger partial charge in [-0.3, -0.25) is 19.4 Å². The summed E-state index contributed by atoms with van der Waals surface area (Å²) in [6.45, 7) is 8.87. The lowest BCUT2D eigenvalue weighted by Crippen LogP contribution is -2.51. The molecule has 1 amide bonds. The molecule has 29 heavy (non-hydrogen) atoms. The van der Waals surface area contributed by atoms with Crippen LogP contribution in [-0.2, 0) is 9.59 Å². The molecule has 0 saturated carbocycles. The van der Waals surface area contributed by atoms with E-state index in [4.69, 9.17) is 9.84 Å². The van der Waals surface area contributed by atoms with E-state index in [-0.39, 0.29) is 24.6 Å². The molecule has 2 fully saturated rings. The van der Waals surface area contributed by atoms with Crippen LogP contribution in [0.15, 0.2) is 30.3 Å². The average Bonchev–Trinajstić information content (AvgIpc) is 3.05. The number of carbonyl (C=O) groups is 2. The van der Waals surface area contributed by atoms with Gasteiger partial charge in [-0.2, -0.15) is 0 Å². The molecule has 0 spiro atoms. The Morgan fingerprint density at radius 2 is 1.76 bits per heavy atom. The van der Waals surface area contributed by atoms with E-state index in [2.05, 4.69) is 18.7 Å². The summed E-state index contributed by atoms with van der Waals surface area (Å²) in [7, 11) is 0. The molecule has 0 bridgehead atoms. The Morgan fingerprint density at radius 1 is 1.10 bits per heavy atom. The summed E-state index contributed by atoms with van der Waals surface area (Å²) >= 11 is 0. The van der Waals surface area contributed by atoms with E-state index in [9.17, 15) is 9.59 Å². The number of likely N-dealkylation sites (tertiary alicyclic amines) is 1. The van der Waals surface area contributed by atoms with E-state index in [1.165, 1.54) is 0 Å². The number of aliphatic carboxylic acids is 1. The summed E-state index contributed by atoms with van der Waals surface area (Å²) in [6, 6.07) is 9.93. The first-order chi connectivity index (χ1) is 13.9. The quantitative estimate of drug-likeness (QED) is 0.713. The number of carboxylic acid groups (broad SMARTS) is 1. The Bertz CT molecular complexity index is 674. The largest absolute Gasteiger partial charge is 0.489 e. The highest BCUT2D eigenvalue weighted by atomic mass is 16.5. The lowest BCUT2D eigenvalue weighted by atomic mass is 10.1. The number of carboxylic acids is 1. The predicted octanol–water partition coefficient (Wildman–Crippen LogP) is 1.78. The predicted molar refractivity (Wildman–Crippen MR) is 111 cm³/mol. The van der Waals surface area contributed by atoms with E-state index < -0.39 is 5.97 Å². The normalized spacial score (nSPS) is 23.5. The fourth-order valence-corrected chi connectivity index (χ4v) is 4.21. The summed E-state index contributed by atoms with van der Waals surface area (Å²) < 4.78 is 6.16. The van der Waals surface area contributed by atoms with Crippen molar-refractivity contribution in [3.8, 4) is 5.75 Å². The van der Waals surface area contributed by atoms with Gasteiger partial charge in [0.05, 0.1) is 13.1 Å². The molecule has 160 valence electrons. The van der Waals surface area contributed by atoms with Gasteiger partial charge in [0, 0.05) is 51.6 Å². The molecule has 7 heteroatoms. The topological polar surface area (TPSA) is 73.3 Å². The van der Waals surface area contributed by atoms with Crippen LogP contribution in [0.5, 0.6) is 5.75 Å². The highest BCUT2D eigenvalue weighted by Gasteiger charge is 2.37. The van der Waals surface area contributed by atoms with Crippen molar-refractivity contribution in [2.75, 3.05) is 45.8 Å². The first-order valence-corrected chi connectivity index (χ1v) is 10.6. The van der Waals surface area contributed by atoms with Crippen LogP contribution in [0, 0.1) is 5.92 Å². The van der Waals surface area contributed by atoms with E-state index in [0.29, 0.717) is 18.9 Å². The molecule has 0 radical (unpaired) electrons. The Hall–Kier alpha value is -2.12. The highest BCUT2D eigenvalue weighted by Crippen LogP contribution is 2.25. The minimum atomic E-state index is -0.777. The smallest absolute Gasteiger partial charge is 0.317 e. The SMILES string of the molecule is CC(C)CC(=O)N1CC(Oc2ccccc2)CC1CN1CCN(CC(=O)O)CC1. The van der Waals surface area contributed by atoms with Gasteiger partial charge in [-0.1, -0.05) is 32.0 Å². The molecule has 2 unspecified atom stereocenters. The van der Waals surface area contributed by atoms with Gasteiger partial charge in [0.25, 0.3) is 0 Å². The van der Waals surface area contributed by atoms with Gasteiger partial charge in [0.15, 0.2) is 0 Å². The molecule has 3 rings (SSSR count). The molecule has 1 aromatic carbocycles. The number of benzene rings is 1. The van der Waals surface area contributed by atoms with Crippen LogP contribution in [-0.4, -0.2) is 89.6 Å². The van der Waals surface area contributed by atoms with E-state index >= 15 is 0 Å². The summed E-state index contributed by atoms with van der Waals surface area (Å²) in [5.74, 6) is 0.600. The van der Waals surface area contributed by atoms with Gasteiger partial charge in [-0.05, 0) is 18.1 Å². The molecule has 7 nitrogen and oxygen atoms in total. The van der Waals surface area contributed by atoms with Crippen LogP contribution >= 0.6 is 0 Å². The van der Waals surface area contributed by atoms with Crippen LogP contribution in [0.3, 0.4) is 0 Å². The molecule has 1 aromatic rings. The monoisotopic (exact) mass is 403 g/mol.